The number of hydrogen-bond acceptors (Lipinski definition) is 3. The SMILES string of the molecule is CCCCN1C(=O)C(C)(F)c2cc(S(=O)(=O)Cl)ccc21. The number of halogens is 2. The Balaban J connectivity index is 2.54. The maximum Gasteiger partial charge on any atom is 0.269 e. The number of anilines is 1. The monoisotopic (exact) mass is 319 g/mol. The number of carbonyl (C=O) groups excluding carboxylic acids is 1. The Labute approximate surface area is 121 Å². The number of nitrogens with zero attached hydrogens (tertiary/aromatic N) is 1. The summed E-state index contributed by atoms with van der Waals surface area (Å²) >= 11 is 0. The number of fused-ring (bicyclic) bond motifs is 1. The van der Waals surface area contributed by atoms with Crippen LogP contribution in [0.5, 0.6) is 0 Å². The maximum atomic E-state index is 14.6. The normalized spacial score (nSPS) is 22.2. The highest BCUT2D eigenvalue weighted by atomic mass is 35.7. The van der Waals surface area contributed by atoms with Gasteiger partial charge in [0, 0.05) is 22.8 Å². The van der Waals surface area contributed by atoms with Gasteiger partial charge in [0.25, 0.3) is 15.0 Å². The van der Waals surface area contributed by atoms with Gasteiger partial charge in [-0.15, -0.1) is 0 Å². The minimum absolute atomic E-state index is 0.0559. The summed E-state index contributed by atoms with van der Waals surface area (Å²) in [6.07, 6.45) is 1.62. The highest BCUT2D eigenvalue weighted by molar-refractivity contribution is 8.13. The summed E-state index contributed by atoms with van der Waals surface area (Å²) in [5, 5.41) is 0. The topological polar surface area (TPSA) is 54.5 Å². The molecule has 0 aromatic heterocycles. The molecule has 20 heavy (non-hydrogen) atoms. The number of hydrogen-bond donors (Lipinski definition) is 0. The molecule has 0 aliphatic carbocycles. The minimum atomic E-state index is -3.95. The lowest BCUT2D eigenvalue weighted by atomic mass is 10.00. The van der Waals surface area contributed by atoms with Crippen molar-refractivity contribution < 1.29 is 17.6 Å². The third kappa shape index (κ3) is 2.42. The Morgan fingerprint density at radius 1 is 1.40 bits per heavy atom. The van der Waals surface area contributed by atoms with Gasteiger partial charge in [0.2, 0.25) is 5.67 Å². The van der Waals surface area contributed by atoms with Crippen LogP contribution in [0.15, 0.2) is 23.1 Å². The summed E-state index contributed by atoms with van der Waals surface area (Å²) < 4.78 is 37.3. The van der Waals surface area contributed by atoms with E-state index in [4.69, 9.17) is 10.7 Å². The van der Waals surface area contributed by atoms with Crippen LogP contribution >= 0.6 is 10.7 Å². The summed E-state index contributed by atoms with van der Waals surface area (Å²) in [6.45, 7) is 3.53. The van der Waals surface area contributed by atoms with Crippen LogP contribution in [-0.2, 0) is 19.5 Å². The molecule has 0 saturated heterocycles. The number of rotatable bonds is 4. The van der Waals surface area contributed by atoms with E-state index in [1.54, 1.807) is 0 Å². The van der Waals surface area contributed by atoms with Crippen molar-refractivity contribution in [2.24, 2.45) is 0 Å². The number of amides is 1. The van der Waals surface area contributed by atoms with Crippen molar-refractivity contribution in [1.29, 1.82) is 0 Å². The van der Waals surface area contributed by atoms with E-state index in [2.05, 4.69) is 0 Å². The average Bonchev–Trinajstić information content (AvgIpc) is 2.55. The first-order valence-electron chi connectivity index (χ1n) is 6.29. The van der Waals surface area contributed by atoms with Gasteiger partial charge < -0.3 is 4.90 Å². The molecule has 1 aromatic carbocycles. The van der Waals surface area contributed by atoms with Gasteiger partial charge in [-0.2, -0.15) is 0 Å². The Bertz CT molecular complexity index is 658. The minimum Gasteiger partial charge on any atom is -0.309 e. The predicted molar refractivity (Wildman–Crippen MR) is 75.2 cm³/mol. The van der Waals surface area contributed by atoms with Crippen molar-refractivity contribution in [1.82, 2.24) is 0 Å². The molecule has 7 heteroatoms. The molecule has 0 spiro atoms. The third-order valence-electron chi connectivity index (χ3n) is 3.43. The van der Waals surface area contributed by atoms with Gasteiger partial charge in [-0.1, -0.05) is 13.3 Å². The van der Waals surface area contributed by atoms with Crippen molar-refractivity contribution in [2.75, 3.05) is 11.4 Å². The second-order valence-electron chi connectivity index (χ2n) is 4.93. The number of unbranched alkanes of at least 4 members (excludes halogenated alkanes) is 1. The molecule has 1 aliphatic rings. The van der Waals surface area contributed by atoms with Crippen LogP contribution in [0, 0.1) is 0 Å². The lowest BCUT2D eigenvalue weighted by molar-refractivity contribution is -0.128. The molecule has 0 N–H and O–H groups in total. The van der Waals surface area contributed by atoms with Gasteiger partial charge in [-0.25, -0.2) is 12.8 Å². The van der Waals surface area contributed by atoms with E-state index in [-0.39, 0.29) is 10.5 Å². The fourth-order valence-electron chi connectivity index (χ4n) is 2.29. The van der Waals surface area contributed by atoms with E-state index in [1.807, 2.05) is 6.92 Å². The summed E-state index contributed by atoms with van der Waals surface area (Å²) in [5.74, 6) is -0.662. The molecule has 0 bridgehead atoms. The molecule has 0 fully saturated rings. The van der Waals surface area contributed by atoms with Gasteiger partial charge >= 0.3 is 0 Å². The Morgan fingerprint density at radius 3 is 2.60 bits per heavy atom. The van der Waals surface area contributed by atoms with Crippen molar-refractivity contribution >= 4 is 31.3 Å². The van der Waals surface area contributed by atoms with E-state index < -0.39 is 20.6 Å². The zero-order chi connectivity index (χ0) is 15.1. The number of alkyl halides is 1. The van der Waals surface area contributed by atoms with Crippen LogP contribution in [0.2, 0.25) is 0 Å². The molecule has 1 atom stereocenters. The maximum absolute atomic E-state index is 14.6. The molecule has 0 radical (unpaired) electrons. The van der Waals surface area contributed by atoms with Gasteiger partial charge in [0.15, 0.2) is 0 Å². The van der Waals surface area contributed by atoms with Gasteiger partial charge in [-0.3, -0.25) is 4.79 Å². The zero-order valence-electron chi connectivity index (χ0n) is 11.2. The molecule has 1 aromatic rings. The van der Waals surface area contributed by atoms with Crippen molar-refractivity contribution in [3.63, 3.8) is 0 Å². The van der Waals surface area contributed by atoms with Crippen LogP contribution in [0.1, 0.15) is 32.3 Å². The lowest BCUT2D eigenvalue weighted by Crippen LogP contribution is -2.35. The molecule has 110 valence electrons. The zero-order valence-corrected chi connectivity index (χ0v) is 12.8. The molecule has 2 rings (SSSR count). The summed E-state index contributed by atoms with van der Waals surface area (Å²) in [5.41, 5.74) is -1.75. The molecular weight excluding hydrogens is 305 g/mol. The number of benzene rings is 1. The van der Waals surface area contributed by atoms with Gasteiger partial charge in [0.05, 0.1) is 10.6 Å². The van der Waals surface area contributed by atoms with Gasteiger partial charge in [0.1, 0.15) is 0 Å². The fraction of sp³-hybridized carbons (Fsp3) is 0.462. The van der Waals surface area contributed by atoms with Crippen molar-refractivity contribution in [3.05, 3.63) is 23.8 Å². The molecule has 1 unspecified atom stereocenters. The standard InChI is InChI=1S/C13H15ClFNO3S/c1-3-4-7-16-11-6-5-9(20(14,18)19)8-10(11)13(2,15)12(16)17/h5-6,8H,3-4,7H2,1-2H3. The second kappa shape index (κ2) is 5.00. The summed E-state index contributed by atoms with van der Waals surface area (Å²) in [6, 6.07) is 3.86. The highest BCUT2D eigenvalue weighted by Crippen LogP contribution is 2.44. The third-order valence-corrected chi connectivity index (χ3v) is 4.78. The summed E-state index contributed by atoms with van der Waals surface area (Å²) in [7, 11) is 1.31. The van der Waals surface area contributed by atoms with Crippen molar-refractivity contribution in [2.45, 2.75) is 37.3 Å². The Hall–Kier alpha value is -1.14. The molecular formula is C13H15ClFNO3S. The van der Waals surface area contributed by atoms with E-state index >= 15 is 0 Å². The van der Waals surface area contributed by atoms with Crippen LogP contribution in [-0.4, -0.2) is 20.9 Å². The molecule has 1 amide bonds. The lowest BCUT2D eigenvalue weighted by Gasteiger charge is -2.17. The van der Waals surface area contributed by atoms with Crippen LogP contribution < -0.4 is 4.90 Å². The molecule has 4 nitrogen and oxygen atoms in total. The first kappa shape index (κ1) is 15.3. The molecule has 1 aliphatic heterocycles. The van der Waals surface area contributed by atoms with E-state index in [1.165, 1.54) is 17.0 Å². The van der Waals surface area contributed by atoms with E-state index in [0.29, 0.717) is 12.2 Å². The highest BCUT2D eigenvalue weighted by Gasteiger charge is 2.48. The number of carbonyl (C=O) groups is 1. The quantitative estimate of drug-likeness (QED) is 0.802. The fourth-order valence-corrected chi connectivity index (χ4v) is 3.07. The predicted octanol–water partition coefficient (Wildman–Crippen LogP) is 2.95. The Morgan fingerprint density at radius 2 is 2.05 bits per heavy atom. The molecule has 1 heterocycles. The van der Waals surface area contributed by atoms with E-state index in [9.17, 15) is 17.6 Å². The van der Waals surface area contributed by atoms with Crippen LogP contribution in [0.25, 0.3) is 0 Å². The van der Waals surface area contributed by atoms with Gasteiger partial charge in [-0.05, 0) is 31.5 Å². The van der Waals surface area contributed by atoms with Crippen molar-refractivity contribution in [3.8, 4) is 0 Å². The summed E-state index contributed by atoms with van der Waals surface area (Å²) in [4.78, 5) is 13.3. The Kier molecular flexibility index (Phi) is 3.81. The second-order valence-corrected chi connectivity index (χ2v) is 7.50. The first-order chi connectivity index (χ1) is 9.19. The molecule has 0 saturated carbocycles. The smallest absolute Gasteiger partial charge is 0.269 e. The largest absolute Gasteiger partial charge is 0.309 e. The van der Waals surface area contributed by atoms with Crippen LogP contribution in [0.4, 0.5) is 10.1 Å². The first-order valence-corrected chi connectivity index (χ1v) is 8.60. The average molecular weight is 320 g/mol. The van der Waals surface area contributed by atoms with Crippen LogP contribution in [0.3, 0.4) is 0 Å². The van der Waals surface area contributed by atoms with E-state index in [0.717, 1.165) is 25.8 Å².